The van der Waals surface area contributed by atoms with E-state index < -0.39 is 16.7 Å². The van der Waals surface area contributed by atoms with E-state index in [0.717, 1.165) is 12.1 Å². The zero-order chi connectivity index (χ0) is 19.4. The van der Waals surface area contributed by atoms with Gasteiger partial charge in [0.1, 0.15) is 5.56 Å². The Balaban J connectivity index is 2.22. The average Bonchev–Trinajstić information content (AvgIpc) is 2.64. The minimum absolute atomic E-state index is 0.0917. The van der Waals surface area contributed by atoms with Crippen LogP contribution in [0.1, 0.15) is 48.1 Å². The van der Waals surface area contributed by atoms with Crippen LogP contribution < -0.4 is 10.7 Å². The van der Waals surface area contributed by atoms with Crippen molar-refractivity contribution in [3.8, 4) is 0 Å². The molecule has 2 unspecified atom stereocenters. The Morgan fingerprint density at radius 2 is 2.12 bits per heavy atom. The Bertz CT molecular complexity index is 894. The van der Waals surface area contributed by atoms with Crippen LogP contribution in [-0.2, 0) is 17.3 Å². The van der Waals surface area contributed by atoms with E-state index in [1.165, 1.54) is 6.20 Å². The molecule has 0 aliphatic carbocycles. The number of pyridine rings is 2. The first kappa shape index (κ1) is 20.5. The molecule has 2 aromatic rings. The predicted molar refractivity (Wildman–Crippen MR) is 106 cm³/mol. The van der Waals surface area contributed by atoms with Gasteiger partial charge in [0.15, 0.2) is 0 Å². The van der Waals surface area contributed by atoms with Gasteiger partial charge in [-0.3, -0.25) is 18.8 Å². The topological polar surface area (TPSA) is 81.1 Å². The van der Waals surface area contributed by atoms with Gasteiger partial charge >= 0.3 is 0 Å². The van der Waals surface area contributed by atoms with Gasteiger partial charge in [-0.1, -0.05) is 6.92 Å². The summed E-state index contributed by atoms with van der Waals surface area (Å²) in [6.07, 6.45) is 5.60. The minimum atomic E-state index is -1.10. The van der Waals surface area contributed by atoms with Crippen molar-refractivity contribution in [1.29, 1.82) is 0 Å². The highest BCUT2D eigenvalue weighted by atomic mass is 79.9. The van der Waals surface area contributed by atoms with E-state index >= 15 is 0 Å². The van der Waals surface area contributed by atoms with Gasteiger partial charge < -0.3 is 9.88 Å². The summed E-state index contributed by atoms with van der Waals surface area (Å²) >= 11 is 3.31. The number of nitrogens with zero attached hydrogens (tertiary/aromatic N) is 2. The molecule has 8 heteroatoms. The molecule has 2 atom stereocenters. The van der Waals surface area contributed by atoms with Crippen LogP contribution in [0.4, 0.5) is 0 Å². The lowest BCUT2D eigenvalue weighted by Gasteiger charge is -2.19. The summed E-state index contributed by atoms with van der Waals surface area (Å²) < 4.78 is 13.7. The molecule has 0 spiro atoms. The molecule has 140 valence electrons. The maximum Gasteiger partial charge on any atom is 0.257 e. The molecular formula is C18H22BrN3O3S. The van der Waals surface area contributed by atoms with Gasteiger partial charge in [-0.25, -0.2) is 0 Å². The van der Waals surface area contributed by atoms with Crippen molar-refractivity contribution in [3.05, 3.63) is 56.2 Å². The van der Waals surface area contributed by atoms with Crippen molar-refractivity contribution in [2.24, 2.45) is 0 Å². The maximum absolute atomic E-state index is 12.5. The molecule has 2 rings (SSSR count). The zero-order valence-corrected chi connectivity index (χ0v) is 17.6. The molecule has 0 radical (unpaired) electrons. The van der Waals surface area contributed by atoms with Gasteiger partial charge in [-0.2, -0.15) is 0 Å². The van der Waals surface area contributed by atoms with E-state index in [-0.39, 0.29) is 23.6 Å². The van der Waals surface area contributed by atoms with E-state index in [1.54, 1.807) is 24.6 Å². The third kappa shape index (κ3) is 4.48. The van der Waals surface area contributed by atoms with E-state index in [1.807, 2.05) is 18.4 Å². The van der Waals surface area contributed by atoms with Crippen LogP contribution in [0.2, 0.25) is 0 Å². The van der Waals surface area contributed by atoms with E-state index in [4.69, 9.17) is 0 Å². The number of aromatic nitrogens is 2. The van der Waals surface area contributed by atoms with Crippen molar-refractivity contribution >= 4 is 32.6 Å². The Morgan fingerprint density at radius 3 is 2.65 bits per heavy atom. The van der Waals surface area contributed by atoms with Crippen LogP contribution >= 0.6 is 15.9 Å². The van der Waals surface area contributed by atoms with Crippen LogP contribution in [0.5, 0.6) is 0 Å². The number of carbonyl (C=O) groups excluding carboxylic acids is 1. The lowest BCUT2D eigenvalue weighted by atomic mass is 10.1. The van der Waals surface area contributed by atoms with Crippen molar-refractivity contribution in [3.63, 3.8) is 0 Å². The van der Waals surface area contributed by atoms with Gasteiger partial charge in [0.2, 0.25) is 5.43 Å². The predicted octanol–water partition coefficient (Wildman–Crippen LogP) is 2.95. The second-order valence-corrected chi connectivity index (χ2v) is 8.23. The second kappa shape index (κ2) is 8.73. The highest BCUT2D eigenvalue weighted by molar-refractivity contribution is 9.10. The first-order valence-corrected chi connectivity index (χ1v) is 10.6. The summed E-state index contributed by atoms with van der Waals surface area (Å²) in [4.78, 5) is 29.8. The summed E-state index contributed by atoms with van der Waals surface area (Å²) in [5.41, 5.74) is 1.19. The van der Waals surface area contributed by atoms with Gasteiger partial charge in [0.05, 0.1) is 32.4 Å². The van der Waals surface area contributed by atoms with Crippen molar-refractivity contribution in [2.45, 2.75) is 44.7 Å². The minimum Gasteiger partial charge on any atom is -0.347 e. The van der Waals surface area contributed by atoms with Gasteiger partial charge in [-0.15, -0.1) is 0 Å². The highest BCUT2D eigenvalue weighted by Crippen LogP contribution is 2.19. The molecule has 1 N–H and O–H groups in total. The average molecular weight is 440 g/mol. The van der Waals surface area contributed by atoms with E-state index in [2.05, 4.69) is 33.2 Å². The first-order valence-electron chi connectivity index (χ1n) is 8.24. The molecule has 0 aromatic carbocycles. The number of halogens is 1. The first-order chi connectivity index (χ1) is 12.3. The number of hydrogen-bond donors (Lipinski definition) is 1. The molecule has 0 aliphatic heterocycles. The maximum atomic E-state index is 12.5. The molecular weight excluding hydrogens is 418 g/mol. The fraction of sp³-hybridized carbons (Fsp3) is 0.389. The fourth-order valence-electron chi connectivity index (χ4n) is 2.46. The number of carbonyl (C=O) groups is 1. The zero-order valence-electron chi connectivity index (χ0n) is 15.2. The molecule has 0 saturated carbocycles. The van der Waals surface area contributed by atoms with Crippen LogP contribution in [0.25, 0.3) is 0 Å². The normalized spacial score (nSPS) is 13.3. The van der Waals surface area contributed by atoms with Crippen molar-refractivity contribution < 1.29 is 9.00 Å². The molecule has 2 heterocycles. The number of nitrogens with one attached hydrogen (secondary N) is 1. The summed E-state index contributed by atoms with van der Waals surface area (Å²) in [6.45, 7) is 6.12. The Kier molecular flexibility index (Phi) is 6.88. The molecule has 26 heavy (non-hydrogen) atoms. The van der Waals surface area contributed by atoms with E-state index in [9.17, 15) is 13.8 Å². The molecule has 0 fully saturated rings. The van der Waals surface area contributed by atoms with E-state index in [0.29, 0.717) is 15.1 Å². The Labute approximate surface area is 163 Å². The number of rotatable bonds is 6. The Morgan fingerprint density at radius 1 is 1.42 bits per heavy atom. The Hall–Kier alpha value is -1.80. The standard InChI is InChI=1S/C18H22BrN3O3S/c1-5-11(2)22-10-15(17(23)16(19)12(22)3)18(24)21-8-13-6-7-14(9-20-13)26(4)25/h6-7,9-11H,5,8H2,1-4H3,(H,21,24). The largest absolute Gasteiger partial charge is 0.347 e. The van der Waals surface area contributed by atoms with Crippen LogP contribution in [0.15, 0.2) is 38.7 Å². The quantitative estimate of drug-likeness (QED) is 0.749. The van der Waals surface area contributed by atoms with Crippen LogP contribution in [0.3, 0.4) is 0 Å². The van der Waals surface area contributed by atoms with Gasteiger partial charge in [0, 0.05) is 30.4 Å². The molecule has 6 nitrogen and oxygen atoms in total. The number of hydrogen-bond acceptors (Lipinski definition) is 4. The molecule has 2 aromatic heterocycles. The SMILES string of the molecule is CCC(C)n1cc(C(=O)NCc2ccc(S(C)=O)cn2)c(=O)c(Br)c1C. The van der Waals surface area contributed by atoms with Gasteiger partial charge in [-0.05, 0) is 48.3 Å². The summed E-state index contributed by atoms with van der Waals surface area (Å²) in [7, 11) is -1.10. The molecule has 0 saturated heterocycles. The van der Waals surface area contributed by atoms with Crippen molar-refractivity contribution in [1.82, 2.24) is 14.9 Å². The fourth-order valence-corrected chi connectivity index (χ4v) is 3.34. The third-order valence-corrected chi connectivity index (χ3v) is 6.13. The summed E-state index contributed by atoms with van der Waals surface area (Å²) in [5.74, 6) is -0.447. The highest BCUT2D eigenvalue weighted by Gasteiger charge is 2.18. The van der Waals surface area contributed by atoms with Gasteiger partial charge in [0.25, 0.3) is 5.91 Å². The monoisotopic (exact) mass is 439 g/mol. The van der Waals surface area contributed by atoms with Crippen LogP contribution in [-0.4, -0.2) is 25.9 Å². The summed E-state index contributed by atoms with van der Waals surface area (Å²) in [5, 5.41) is 2.72. The van der Waals surface area contributed by atoms with Crippen LogP contribution in [0, 0.1) is 6.92 Å². The van der Waals surface area contributed by atoms with Crippen molar-refractivity contribution in [2.75, 3.05) is 6.26 Å². The molecule has 0 bridgehead atoms. The number of amides is 1. The second-order valence-electron chi connectivity index (χ2n) is 6.06. The lowest BCUT2D eigenvalue weighted by Crippen LogP contribution is -2.31. The third-order valence-electron chi connectivity index (χ3n) is 4.29. The molecule has 0 aliphatic rings. The summed E-state index contributed by atoms with van der Waals surface area (Å²) in [6, 6.07) is 3.59. The lowest BCUT2D eigenvalue weighted by molar-refractivity contribution is 0.0948. The smallest absolute Gasteiger partial charge is 0.257 e. The molecule has 1 amide bonds.